The van der Waals surface area contributed by atoms with Crippen molar-refractivity contribution >= 4 is 40.0 Å². The second-order valence-electron chi connectivity index (χ2n) is 8.86. The van der Waals surface area contributed by atoms with Gasteiger partial charge in [-0.3, -0.25) is 14.5 Å². The summed E-state index contributed by atoms with van der Waals surface area (Å²) in [4.78, 5) is 29.3. The molecular formula is C25H26ClN3O3. The second-order valence-corrected chi connectivity index (χ2v) is 9.30. The van der Waals surface area contributed by atoms with Gasteiger partial charge in [-0.15, -0.1) is 0 Å². The third kappa shape index (κ3) is 3.25. The van der Waals surface area contributed by atoms with E-state index >= 15 is 0 Å². The highest BCUT2D eigenvalue weighted by atomic mass is 35.5. The zero-order valence-corrected chi connectivity index (χ0v) is 19.0. The Labute approximate surface area is 192 Å². The van der Waals surface area contributed by atoms with Crippen LogP contribution in [0.25, 0.3) is 10.9 Å². The Hall–Kier alpha value is -2.99. The van der Waals surface area contributed by atoms with Crippen LogP contribution in [0.2, 0.25) is 5.02 Å². The van der Waals surface area contributed by atoms with Crippen LogP contribution in [0.5, 0.6) is 5.75 Å². The molecule has 6 nitrogen and oxygen atoms in total. The summed E-state index contributed by atoms with van der Waals surface area (Å²) in [6.45, 7) is 2.16. The first kappa shape index (κ1) is 20.9. The number of aromatic nitrogens is 1. The van der Waals surface area contributed by atoms with Crippen LogP contribution in [0.15, 0.2) is 48.5 Å². The van der Waals surface area contributed by atoms with Crippen LogP contribution in [0.4, 0.5) is 5.69 Å². The van der Waals surface area contributed by atoms with Gasteiger partial charge in [0.05, 0.1) is 19.3 Å². The van der Waals surface area contributed by atoms with Crippen LogP contribution in [0.3, 0.4) is 0 Å². The Kier molecular flexibility index (Phi) is 5.13. The molecular weight excluding hydrogens is 426 g/mol. The molecule has 166 valence electrons. The monoisotopic (exact) mass is 451 g/mol. The summed E-state index contributed by atoms with van der Waals surface area (Å²) >= 11 is 6.32. The normalized spacial score (nSPS) is 21.1. The van der Waals surface area contributed by atoms with Gasteiger partial charge in [0.1, 0.15) is 17.0 Å². The minimum Gasteiger partial charge on any atom is -0.495 e. The van der Waals surface area contributed by atoms with Crippen molar-refractivity contribution in [1.29, 1.82) is 0 Å². The molecule has 1 atom stereocenters. The number of para-hydroxylation sites is 1. The molecule has 5 rings (SSSR count). The predicted octanol–water partition coefficient (Wildman–Crippen LogP) is 4.78. The number of carbonyl (C=O) groups excluding carboxylic acids is 2. The molecule has 2 aliphatic rings. The number of rotatable bonds is 4. The largest absolute Gasteiger partial charge is 0.495 e. The average molecular weight is 452 g/mol. The number of fused-ring (bicyclic) bond motifs is 3. The minimum absolute atomic E-state index is 0.139. The third-order valence-corrected chi connectivity index (χ3v) is 6.99. The zero-order valence-electron chi connectivity index (χ0n) is 18.2. The molecule has 2 heterocycles. The lowest BCUT2D eigenvalue weighted by molar-refractivity contribution is -0.127. The van der Waals surface area contributed by atoms with Crippen molar-refractivity contribution in [3.8, 4) is 5.75 Å². The summed E-state index contributed by atoms with van der Waals surface area (Å²) in [6.07, 6.45) is 4.15. The fourth-order valence-electron chi connectivity index (χ4n) is 5.07. The third-order valence-electron chi connectivity index (χ3n) is 6.75. The number of carbonyl (C=O) groups is 2. The molecule has 1 unspecified atom stereocenters. The quantitative estimate of drug-likeness (QED) is 0.620. The molecule has 1 aliphatic carbocycles. The van der Waals surface area contributed by atoms with E-state index < -0.39 is 5.54 Å². The number of nitrogens with zero attached hydrogens (tertiary/aromatic N) is 2. The van der Waals surface area contributed by atoms with Crippen molar-refractivity contribution in [2.24, 2.45) is 0 Å². The standard InChI is InChI=1S/C25H26ClN3O3/c1-25(24(31)27-18-8-4-5-9-18)15-28-19-10-6-3-7-16(19)13-21(28)23(30)29(25)20-14-17(26)11-12-22(20)32-2/h3,6-7,10-14,18H,4-5,8-9,15H2,1-2H3,(H,27,31). The molecule has 3 aromatic rings. The number of hydrogen-bond donors (Lipinski definition) is 1. The van der Waals surface area contributed by atoms with E-state index in [1.807, 2.05) is 41.8 Å². The van der Waals surface area contributed by atoms with Gasteiger partial charge in [0, 0.05) is 22.0 Å². The molecule has 0 saturated heterocycles. The Morgan fingerprint density at radius 1 is 1.16 bits per heavy atom. The van der Waals surface area contributed by atoms with E-state index in [0.717, 1.165) is 36.6 Å². The predicted molar refractivity (Wildman–Crippen MR) is 126 cm³/mol. The molecule has 0 bridgehead atoms. The SMILES string of the molecule is COc1ccc(Cl)cc1N1C(=O)c2cc3ccccc3n2CC1(C)C(=O)NC1CCCC1. The lowest BCUT2D eigenvalue weighted by atomic mass is 9.93. The van der Waals surface area contributed by atoms with Gasteiger partial charge in [-0.05, 0) is 50.1 Å². The Balaban J connectivity index is 1.68. The highest BCUT2D eigenvalue weighted by Crippen LogP contribution is 2.41. The van der Waals surface area contributed by atoms with Gasteiger partial charge in [0.2, 0.25) is 5.91 Å². The highest BCUT2D eigenvalue weighted by molar-refractivity contribution is 6.31. The lowest BCUT2D eigenvalue weighted by Crippen LogP contribution is -2.65. The van der Waals surface area contributed by atoms with E-state index in [1.165, 1.54) is 0 Å². The molecule has 1 aromatic heterocycles. The van der Waals surface area contributed by atoms with Crippen LogP contribution in [-0.4, -0.2) is 35.1 Å². The van der Waals surface area contributed by atoms with E-state index in [0.29, 0.717) is 28.7 Å². The van der Waals surface area contributed by atoms with E-state index in [4.69, 9.17) is 16.3 Å². The Bertz CT molecular complexity index is 1210. The molecule has 32 heavy (non-hydrogen) atoms. The molecule has 2 aromatic carbocycles. The second kappa shape index (κ2) is 7.85. The van der Waals surface area contributed by atoms with Gasteiger partial charge in [-0.25, -0.2) is 0 Å². The van der Waals surface area contributed by atoms with Crippen LogP contribution < -0.4 is 15.0 Å². The molecule has 1 saturated carbocycles. The average Bonchev–Trinajstić information content (AvgIpc) is 3.42. The maximum absolute atomic E-state index is 14.0. The van der Waals surface area contributed by atoms with E-state index in [9.17, 15) is 9.59 Å². The van der Waals surface area contributed by atoms with Crippen LogP contribution in [0.1, 0.15) is 43.1 Å². The van der Waals surface area contributed by atoms with Crippen LogP contribution in [-0.2, 0) is 11.3 Å². The minimum atomic E-state index is -1.16. The van der Waals surface area contributed by atoms with Crippen molar-refractivity contribution in [2.75, 3.05) is 12.0 Å². The van der Waals surface area contributed by atoms with E-state index in [-0.39, 0.29) is 17.9 Å². The van der Waals surface area contributed by atoms with Gasteiger partial charge in [0.25, 0.3) is 5.91 Å². The summed E-state index contributed by atoms with van der Waals surface area (Å²) in [6, 6.07) is 15.0. The Morgan fingerprint density at radius 2 is 1.91 bits per heavy atom. The molecule has 1 N–H and O–H groups in total. The van der Waals surface area contributed by atoms with E-state index in [1.54, 1.807) is 30.2 Å². The topological polar surface area (TPSA) is 63.6 Å². The molecule has 7 heteroatoms. The lowest BCUT2D eigenvalue weighted by Gasteiger charge is -2.44. The number of ether oxygens (including phenoxy) is 1. The first-order chi connectivity index (χ1) is 15.4. The fraction of sp³-hybridized carbons (Fsp3) is 0.360. The maximum atomic E-state index is 14.0. The van der Waals surface area contributed by atoms with Gasteiger partial charge in [-0.1, -0.05) is 42.6 Å². The van der Waals surface area contributed by atoms with Crippen molar-refractivity contribution < 1.29 is 14.3 Å². The van der Waals surface area contributed by atoms with Crippen LogP contribution in [0, 0.1) is 0 Å². The summed E-state index contributed by atoms with van der Waals surface area (Å²) in [7, 11) is 1.55. The van der Waals surface area contributed by atoms with Gasteiger partial charge < -0.3 is 14.6 Å². The summed E-state index contributed by atoms with van der Waals surface area (Å²) in [5, 5.41) is 4.65. The number of amides is 2. The highest BCUT2D eigenvalue weighted by Gasteiger charge is 2.50. The summed E-state index contributed by atoms with van der Waals surface area (Å²) in [5.74, 6) is 0.0764. The van der Waals surface area contributed by atoms with Crippen molar-refractivity contribution in [3.63, 3.8) is 0 Å². The molecule has 0 radical (unpaired) electrons. The number of benzene rings is 2. The Morgan fingerprint density at radius 3 is 2.66 bits per heavy atom. The van der Waals surface area contributed by atoms with Gasteiger partial charge >= 0.3 is 0 Å². The fourth-order valence-corrected chi connectivity index (χ4v) is 5.24. The number of nitrogens with one attached hydrogen (secondary N) is 1. The summed E-state index contributed by atoms with van der Waals surface area (Å²) < 4.78 is 7.52. The summed E-state index contributed by atoms with van der Waals surface area (Å²) in [5.41, 5.74) is 0.810. The van der Waals surface area contributed by atoms with Crippen molar-refractivity contribution in [1.82, 2.24) is 9.88 Å². The molecule has 2 amide bonds. The van der Waals surface area contributed by atoms with Gasteiger partial charge in [-0.2, -0.15) is 0 Å². The first-order valence-electron chi connectivity index (χ1n) is 11.0. The zero-order chi connectivity index (χ0) is 22.5. The number of hydrogen-bond acceptors (Lipinski definition) is 3. The smallest absolute Gasteiger partial charge is 0.276 e. The number of anilines is 1. The number of halogens is 1. The van der Waals surface area contributed by atoms with Gasteiger partial charge in [0.15, 0.2) is 0 Å². The maximum Gasteiger partial charge on any atom is 0.276 e. The van der Waals surface area contributed by atoms with Crippen molar-refractivity contribution in [2.45, 2.75) is 50.7 Å². The molecule has 0 spiro atoms. The molecule has 1 fully saturated rings. The molecule has 1 aliphatic heterocycles. The first-order valence-corrected chi connectivity index (χ1v) is 11.4. The van der Waals surface area contributed by atoms with E-state index in [2.05, 4.69) is 5.32 Å². The number of methoxy groups -OCH3 is 1. The van der Waals surface area contributed by atoms with Crippen molar-refractivity contribution in [3.05, 3.63) is 59.2 Å². The van der Waals surface area contributed by atoms with Crippen LogP contribution >= 0.6 is 11.6 Å².